The van der Waals surface area contributed by atoms with E-state index in [0.29, 0.717) is 0 Å². The SMILES string of the molecule is c1ccc(-c2cc3ccccc3c3c2c2cccc4c5ccccc5n3c42)nc1. The minimum Gasteiger partial charge on any atom is -0.307 e. The molecule has 7 aromatic rings. The summed E-state index contributed by atoms with van der Waals surface area (Å²) in [4.78, 5) is 4.70. The van der Waals surface area contributed by atoms with E-state index in [4.69, 9.17) is 4.98 Å². The summed E-state index contributed by atoms with van der Waals surface area (Å²) in [6.07, 6.45) is 1.88. The van der Waals surface area contributed by atoms with Gasteiger partial charge in [-0.05, 0) is 29.7 Å². The summed E-state index contributed by atoms with van der Waals surface area (Å²) in [6, 6.07) is 32.5. The molecule has 0 atom stereocenters. The molecular formula is C27H16N2. The van der Waals surface area contributed by atoms with Crippen molar-refractivity contribution in [2.75, 3.05) is 0 Å². The van der Waals surface area contributed by atoms with Crippen LogP contribution in [0, 0.1) is 0 Å². The van der Waals surface area contributed by atoms with E-state index in [0.717, 1.165) is 5.69 Å². The fourth-order valence-corrected chi connectivity index (χ4v) is 5.01. The van der Waals surface area contributed by atoms with Crippen LogP contribution in [0.25, 0.3) is 60.1 Å². The summed E-state index contributed by atoms with van der Waals surface area (Å²) >= 11 is 0. The zero-order chi connectivity index (χ0) is 18.9. The van der Waals surface area contributed by atoms with E-state index in [-0.39, 0.29) is 0 Å². The molecule has 4 aromatic carbocycles. The number of para-hydroxylation sites is 2. The third-order valence-corrected chi connectivity index (χ3v) is 6.15. The average molecular weight is 368 g/mol. The van der Waals surface area contributed by atoms with Crippen LogP contribution in [0.3, 0.4) is 0 Å². The molecule has 0 saturated carbocycles. The Balaban J connectivity index is 1.88. The average Bonchev–Trinajstić information content (AvgIpc) is 3.32. The van der Waals surface area contributed by atoms with Crippen LogP contribution in [0.5, 0.6) is 0 Å². The van der Waals surface area contributed by atoms with Gasteiger partial charge in [0.05, 0.1) is 22.2 Å². The lowest BCUT2D eigenvalue weighted by Crippen LogP contribution is -1.88. The number of hydrogen-bond acceptors (Lipinski definition) is 1. The topological polar surface area (TPSA) is 17.3 Å². The summed E-state index contributed by atoms with van der Waals surface area (Å²) in [6.45, 7) is 0. The predicted octanol–water partition coefficient (Wildman–Crippen LogP) is 7.05. The first-order chi connectivity index (χ1) is 14.4. The lowest BCUT2D eigenvalue weighted by atomic mass is 9.97. The normalized spacial score (nSPS) is 12.1. The van der Waals surface area contributed by atoms with Crippen molar-refractivity contribution in [3.05, 3.63) is 97.2 Å². The van der Waals surface area contributed by atoms with Gasteiger partial charge in [0.25, 0.3) is 0 Å². The smallest absolute Gasteiger partial charge is 0.0709 e. The van der Waals surface area contributed by atoms with Crippen LogP contribution in [0.15, 0.2) is 97.2 Å². The van der Waals surface area contributed by atoms with Crippen molar-refractivity contribution in [1.29, 1.82) is 0 Å². The van der Waals surface area contributed by atoms with Crippen molar-refractivity contribution in [2.45, 2.75) is 0 Å². The molecule has 0 spiro atoms. The van der Waals surface area contributed by atoms with Gasteiger partial charge in [0, 0.05) is 38.7 Å². The Morgan fingerprint density at radius 2 is 1.34 bits per heavy atom. The van der Waals surface area contributed by atoms with Crippen LogP contribution in [0.1, 0.15) is 0 Å². The Labute approximate surface area is 167 Å². The largest absolute Gasteiger partial charge is 0.307 e. The molecule has 134 valence electrons. The molecule has 0 radical (unpaired) electrons. The maximum absolute atomic E-state index is 4.70. The molecule has 3 aromatic heterocycles. The van der Waals surface area contributed by atoms with E-state index in [1.165, 1.54) is 54.4 Å². The Hall–Kier alpha value is -3.91. The van der Waals surface area contributed by atoms with Gasteiger partial charge in [0.2, 0.25) is 0 Å². The van der Waals surface area contributed by atoms with Crippen LogP contribution < -0.4 is 0 Å². The maximum Gasteiger partial charge on any atom is 0.0709 e. The standard InChI is InChI=1S/C27H16N2/c1-2-9-18-17(8-1)16-22(23-13-5-6-15-28-23)25-21-12-7-11-20-19-10-3-4-14-24(19)29(26(20)21)27(18)25/h1-16H. The number of benzene rings is 4. The monoisotopic (exact) mass is 368 g/mol. The van der Waals surface area contributed by atoms with Gasteiger partial charge >= 0.3 is 0 Å². The molecule has 0 aliphatic rings. The number of fused-ring (bicyclic) bond motifs is 8. The molecule has 3 heterocycles. The highest BCUT2D eigenvalue weighted by Crippen LogP contribution is 2.44. The van der Waals surface area contributed by atoms with E-state index in [9.17, 15) is 0 Å². The van der Waals surface area contributed by atoms with Gasteiger partial charge in [-0.1, -0.05) is 66.7 Å². The Kier molecular flexibility index (Phi) is 2.77. The van der Waals surface area contributed by atoms with Crippen LogP contribution >= 0.6 is 0 Å². The van der Waals surface area contributed by atoms with Gasteiger partial charge in [-0.3, -0.25) is 4.98 Å². The minimum atomic E-state index is 1.02. The number of aromatic nitrogens is 2. The van der Waals surface area contributed by atoms with E-state index in [1.807, 2.05) is 12.3 Å². The fourth-order valence-electron chi connectivity index (χ4n) is 5.01. The number of pyridine rings is 1. The van der Waals surface area contributed by atoms with Crippen LogP contribution in [-0.4, -0.2) is 9.38 Å². The molecule has 0 unspecified atom stereocenters. The number of rotatable bonds is 1. The quantitative estimate of drug-likeness (QED) is 0.303. The minimum absolute atomic E-state index is 1.02. The maximum atomic E-state index is 4.70. The molecule has 0 saturated heterocycles. The summed E-state index contributed by atoms with van der Waals surface area (Å²) in [5.74, 6) is 0. The van der Waals surface area contributed by atoms with E-state index < -0.39 is 0 Å². The second-order valence-corrected chi connectivity index (χ2v) is 7.64. The molecule has 0 aliphatic heterocycles. The second-order valence-electron chi connectivity index (χ2n) is 7.64. The van der Waals surface area contributed by atoms with Gasteiger partial charge in [-0.25, -0.2) is 0 Å². The first-order valence-corrected chi connectivity index (χ1v) is 9.92. The highest BCUT2D eigenvalue weighted by molar-refractivity contribution is 6.30. The number of nitrogens with zero attached hydrogens (tertiary/aromatic N) is 2. The molecule has 0 fully saturated rings. The second kappa shape index (κ2) is 5.33. The lowest BCUT2D eigenvalue weighted by Gasteiger charge is -2.09. The molecule has 0 aliphatic carbocycles. The highest BCUT2D eigenvalue weighted by atomic mass is 14.9. The van der Waals surface area contributed by atoms with E-state index in [1.54, 1.807) is 0 Å². The van der Waals surface area contributed by atoms with Crippen molar-refractivity contribution >= 4 is 48.9 Å². The highest BCUT2D eigenvalue weighted by Gasteiger charge is 2.21. The van der Waals surface area contributed by atoms with Crippen LogP contribution in [0.2, 0.25) is 0 Å². The summed E-state index contributed by atoms with van der Waals surface area (Å²) in [5.41, 5.74) is 6.05. The van der Waals surface area contributed by atoms with Gasteiger partial charge in [0.1, 0.15) is 0 Å². The summed E-state index contributed by atoms with van der Waals surface area (Å²) in [7, 11) is 0. The molecule has 0 N–H and O–H groups in total. The fraction of sp³-hybridized carbons (Fsp3) is 0. The molecule has 7 rings (SSSR count). The Morgan fingerprint density at radius 1 is 0.586 bits per heavy atom. The van der Waals surface area contributed by atoms with Crippen molar-refractivity contribution in [1.82, 2.24) is 9.38 Å². The molecule has 2 heteroatoms. The van der Waals surface area contributed by atoms with Crippen molar-refractivity contribution < 1.29 is 0 Å². The zero-order valence-corrected chi connectivity index (χ0v) is 15.6. The van der Waals surface area contributed by atoms with E-state index >= 15 is 0 Å². The van der Waals surface area contributed by atoms with Crippen LogP contribution in [0.4, 0.5) is 0 Å². The molecule has 2 nitrogen and oxygen atoms in total. The first-order valence-electron chi connectivity index (χ1n) is 9.92. The molecule has 0 amide bonds. The van der Waals surface area contributed by atoms with Crippen molar-refractivity contribution in [3.63, 3.8) is 0 Å². The first kappa shape index (κ1) is 15.1. The van der Waals surface area contributed by atoms with Gasteiger partial charge < -0.3 is 4.40 Å². The third-order valence-electron chi connectivity index (χ3n) is 6.15. The summed E-state index contributed by atoms with van der Waals surface area (Å²) < 4.78 is 2.46. The molecular weight excluding hydrogens is 352 g/mol. The van der Waals surface area contributed by atoms with Crippen molar-refractivity contribution in [3.8, 4) is 11.3 Å². The lowest BCUT2D eigenvalue weighted by molar-refractivity contribution is 1.33. The van der Waals surface area contributed by atoms with Crippen molar-refractivity contribution in [2.24, 2.45) is 0 Å². The Morgan fingerprint density at radius 3 is 2.24 bits per heavy atom. The van der Waals surface area contributed by atoms with Gasteiger partial charge in [0.15, 0.2) is 0 Å². The third kappa shape index (κ3) is 1.83. The molecule has 0 bridgehead atoms. The predicted molar refractivity (Wildman–Crippen MR) is 122 cm³/mol. The van der Waals surface area contributed by atoms with Crippen LogP contribution in [-0.2, 0) is 0 Å². The van der Waals surface area contributed by atoms with Gasteiger partial charge in [-0.15, -0.1) is 0 Å². The van der Waals surface area contributed by atoms with Gasteiger partial charge in [-0.2, -0.15) is 0 Å². The molecule has 29 heavy (non-hydrogen) atoms. The number of hydrogen-bond donors (Lipinski definition) is 0. The van der Waals surface area contributed by atoms with E-state index in [2.05, 4.69) is 89.3 Å². The summed E-state index contributed by atoms with van der Waals surface area (Å²) in [5, 5.41) is 7.72. The Bertz CT molecular complexity index is 1690. The zero-order valence-electron chi connectivity index (χ0n) is 15.6.